The molecule has 30 heavy (non-hydrogen) atoms. The van der Waals surface area contributed by atoms with E-state index in [2.05, 4.69) is 10.6 Å². The van der Waals surface area contributed by atoms with E-state index in [4.69, 9.17) is 4.74 Å². The standard InChI is InChI=1S/C19H22F6N2O3/c1-16(2,3)30-15(29)27-13-6-4-11(5-7-13)17(18(20,21)22,19(23,24)25)10-14(28)26-12-8-9-12/h4-7,12H,8-10H2,1-3H3,(H,26,28)(H,27,29). The van der Waals surface area contributed by atoms with Crippen LogP contribution in [0, 0.1) is 0 Å². The first kappa shape index (κ1) is 23.8. The summed E-state index contributed by atoms with van der Waals surface area (Å²) in [7, 11) is 0. The summed E-state index contributed by atoms with van der Waals surface area (Å²) in [6.45, 7) is 4.76. The summed E-state index contributed by atoms with van der Waals surface area (Å²) >= 11 is 0. The second-order valence-corrected chi connectivity index (χ2v) is 8.12. The predicted octanol–water partition coefficient (Wildman–Crippen LogP) is 5.06. The lowest BCUT2D eigenvalue weighted by Crippen LogP contribution is -2.56. The van der Waals surface area contributed by atoms with Crippen LogP contribution >= 0.6 is 0 Å². The Bertz CT molecular complexity index is 763. The number of carbonyl (C=O) groups is 2. The minimum atomic E-state index is -5.79. The number of benzene rings is 1. The molecule has 11 heteroatoms. The molecule has 0 aliphatic heterocycles. The Labute approximate surface area is 169 Å². The van der Waals surface area contributed by atoms with Crippen LogP contribution in [0.3, 0.4) is 0 Å². The SMILES string of the molecule is CC(C)(C)OC(=O)Nc1ccc(C(CC(=O)NC2CC2)(C(F)(F)F)C(F)(F)F)cc1. The Morgan fingerprint density at radius 3 is 1.87 bits per heavy atom. The van der Waals surface area contributed by atoms with Crippen molar-refractivity contribution in [1.29, 1.82) is 0 Å². The van der Waals surface area contributed by atoms with Crippen molar-refractivity contribution in [2.24, 2.45) is 0 Å². The number of alkyl halides is 6. The summed E-state index contributed by atoms with van der Waals surface area (Å²) in [5, 5.41) is 4.40. The molecular formula is C19H22F6N2O3. The predicted molar refractivity (Wildman–Crippen MR) is 95.9 cm³/mol. The van der Waals surface area contributed by atoms with Crippen LogP contribution in [0.2, 0.25) is 0 Å². The molecule has 0 unspecified atom stereocenters. The van der Waals surface area contributed by atoms with Crippen LogP contribution in [-0.4, -0.2) is 36.0 Å². The van der Waals surface area contributed by atoms with Crippen molar-refractivity contribution in [2.75, 3.05) is 5.32 Å². The molecule has 0 radical (unpaired) electrons. The van der Waals surface area contributed by atoms with Crippen molar-refractivity contribution >= 4 is 17.7 Å². The average Bonchev–Trinajstić information content (AvgIpc) is 3.33. The van der Waals surface area contributed by atoms with Gasteiger partial charge in [0.1, 0.15) is 5.60 Å². The molecule has 1 aromatic rings. The Hall–Kier alpha value is -2.46. The van der Waals surface area contributed by atoms with Gasteiger partial charge >= 0.3 is 18.4 Å². The highest BCUT2D eigenvalue weighted by Gasteiger charge is 2.72. The van der Waals surface area contributed by atoms with Gasteiger partial charge in [-0.25, -0.2) is 4.79 Å². The van der Waals surface area contributed by atoms with Crippen LogP contribution in [0.4, 0.5) is 36.8 Å². The van der Waals surface area contributed by atoms with Crippen LogP contribution in [0.25, 0.3) is 0 Å². The van der Waals surface area contributed by atoms with E-state index < -0.39 is 53.4 Å². The molecule has 2 amide bonds. The second kappa shape index (κ2) is 7.99. The van der Waals surface area contributed by atoms with Crippen molar-refractivity contribution in [1.82, 2.24) is 5.32 Å². The number of halogens is 6. The quantitative estimate of drug-likeness (QED) is 0.629. The molecule has 0 atom stereocenters. The highest BCUT2D eigenvalue weighted by atomic mass is 19.4. The van der Waals surface area contributed by atoms with E-state index in [1.54, 1.807) is 20.8 Å². The molecule has 0 bridgehead atoms. The molecule has 1 aliphatic carbocycles. The van der Waals surface area contributed by atoms with Crippen molar-refractivity contribution in [3.63, 3.8) is 0 Å². The monoisotopic (exact) mass is 440 g/mol. The van der Waals surface area contributed by atoms with Gasteiger partial charge in [0.25, 0.3) is 0 Å². The largest absolute Gasteiger partial charge is 0.444 e. The molecule has 1 aromatic carbocycles. The fourth-order valence-corrected chi connectivity index (χ4v) is 2.80. The fraction of sp³-hybridized carbons (Fsp3) is 0.579. The maximum atomic E-state index is 13.8. The molecule has 2 rings (SSSR count). The number of ether oxygens (including phenoxy) is 1. The number of rotatable bonds is 5. The van der Waals surface area contributed by atoms with Gasteiger partial charge in [0.15, 0.2) is 5.41 Å². The van der Waals surface area contributed by atoms with E-state index >= 15 is 0 Å². The molecule has 1 fully saturated rings. The van der Waals surface area contributed by atoms with Gasteiger partial charge in [0.05, 0.1) is 6.42 Å². The molecule has 5 nitrogen and oxygen atoms in total. The van der Waals surface area contributed by atoms with Gasteiger partial charge in [-0.1, -0.05) is 12.1 Å². The first-order valence-electron chi connectivity index (χ1n) is 9.08. The topological polar surface area (TPSA) is 67.4 Å². The number of anilines is 1. The van der Waals surface area contributed by atoms with E-state index in [1.807, 2.05) is 0 Å². The Balaban J connectivity index is 2.35. The molecule has 168 valence electrons. The van der Waals surface area contributed by atoms with Crippen LogP contribution in [-0.2, 0) is 14.9 Å². The van der Waals surface area contributed by atoms with Crippen molar-refractivity contribution < 1.29 is 40.7 Å². The summed E-state index contributed by atoms with van der Waals surface area (Å²) in [6, 6.07) is 2.59. The van der Waals surface area contributed by atoms with Crippen molar-refractivity contribution in [3.05, 3.63) is 29.8 Å². The average molecular weight is 440 g/mol. The van der Waals surface area contributed by atoms with Gasteiger partial charge in [-0.05, 0) is 51.3 Å². The number of amides is 2. The van der Waals surface area contributed by atoms with Gasteiger partial charge in [-0.3, -0.25) is 10.1 Å². The minimum Gasteiger partial charge on any atom is -0.444 e. The molecule has 1 aliphatic rings. The fourth-order valence-electron chi connectivity index (χ4n) is 2.80. The van der Waals surface area contributed by atoms with Crippen molar-refractivity contribution in [2.45, 2.75) is 69.4 Å². The van der Waals surface area contributed by atoms with Crippen LogP contribution in [0.5, 0.6) is 0 Å². The lowest BCUT2D eigenvalue weighted by atomic mass is 9.75. The zero-order valence-electron chi connectivity index (χ0n) is 16.5. The Morgan fingerprint density at radius 2 is 1.47 bits per heavy atom. The van der Waals surface area contributed by atoms with Gasteiger partial charge in [-0.15, -0.1) is 0 Å². The van der Waals surface area contributed by atoms with Gasteiger partial charge in [0, 0.05) is 11.7 Å². The van der Waals surface area contributed by atoms with E-state index in [1.165, 1.54) is 0 Å². The van der Waals surface area contributed by atoms with E-state index in [0.717, 1.165) is 12.1 Å². The maximum absolute atomic E-state index is 13.8. The lowest BCUT2D eigenvalue weighted by Gasteiger charge is -2.37. The van der Waals surface area contributed by atoms with E-state index in [0.29, 0.717) is 25.0 Å². The van der Waals surface area contributed by atoms with Crippen LogP contribution in [0.15, 0.2) is 24.3 Å². The van der Waals surface area contributed by atoms with Crippen LogP contribution < -0.4 is 10.6 Å². The molecule has 1 saturated carbocycles. The lowest BCUT2D eigenvalue weighted by molar-refractivity contribution is -0.303. The smallest absolute Gasteiger partial charge is 0.412 e. The molecule has 2 N–H and O–H groups in total. The zero-order chi connectivity index (χ0) is 23.0. The summed E-state index contributed by atoms with van der Waals surface area (Å²) in [5.41, 5.74) is -6.44. The summed E-state index contributed by atoms with van der Waals surface area (Å²) in [6.07, 6.45) is -13.3. The zero-order valence-corrected chi connectivity index (χ0v) is 16.5. The number of hydrogen-bond donors (Lipinski definition) is 2. The minimum absolute atomic E-state index is 0.0614. The first-order chi connectivity index (χ1) is 13.5. The Kier molecular flexibility index (Phi) is 6.34. The normalized spacial score (nSPS) is 15.5. The van der Waals surface area contributed by atoms with Gasteiger partial charge in [-0.2, -0.15) is 26.3 Å². The number of nitrogens with one attached hydrogen (secondary N) is 2. The molecular weight excluding hydrogens is 418 g/mol. The summed E-state index contributed by atoms with van der Waals surface area (Å²) in [4.78, 5) is 23.7. The third-order valence-electron chi connectivity index (χ3n) is 4.36. The molecule has 0 saturated heterocycles. The summed E-state index contributed by atoms with van der Waals surface area (Å²) in [5.74, 6) is -1.33. The molecule has 0 aromatic heterocycles. The number of carbonyl (C=O) groups excluding carboxylic acids is 2. The third kappa shape index (κ3) is 5.57. The maximum Gasteiger partial charge on any atom is 0.412 e. The van der Waals surface area contributed by atoms with E-state index in [-0.39, 0.29) is 5.69 Å². The molecule has 0 heterocycles. The highest BCUT2D eigenvalue weighted by molar-refractivity contribution is 5.85. The Morgan fingerprint density at radius 1 is 0.967 bits per heavy atom. The summed E-state index contributed by atoms with van der Waals surface area (Å²) < 4.78 is 87.6. The van der Waals surface area contributed by atoms with E-state index in [9.17, 15) is 35.9 Å². The molecule has 0 spiro atoms. The van der Waals surface area contributed by atoms with Gasteiger partial charge in [0.2, 0.25) is 5.91 Å². The van der Waals surface area contributed by atoms with Gasteiger partial charge < -0.3 is 10.1 Å². The highest BCUT2D eigenvalue weighted by Crippen LogP contribution is 2.54. The van der Waals surface area contributed by atoms with Crippen molar-refractivity contribution in [3.8, 4) is 0 Å². The first-order valence-corrected chi connectivity index (χ1v) is 9.08. The third-order valence-corrected chi connectivity index (χ3v) is 4.36. The number of hydrogen-bond acceptors (Lipinski definition) is 3. The van der Waals surface area contributed by atoms with Crippen LogP contribution in [0.1, 0.15) is 45.6 Å². The second-order valence-electron chi connectivity index (χ2n) is 8.12.